The van der Waals surface area contributed by atoms with E-state index in [1.54, 1.807) is 0 Å². The quantitative estimate of drug-likeness (QED) is 0.877. The lowest BCUT2D eigenvalue weighted by Crippen LogP contribution is -2.17. The second-order valence-electron chi connectivity index (χ2n) is 5.20. The summed E-state index contributed by atoms with van der Waals surface area (Å²) < 4.78 is 13.3. The van der Waals surface area contributed by atoms with Crippen LogP contribution in [0.4, 0.5) is 6.01 Å². The van der Waals surface area contributed by atoms with Gasteiger partial charge in [-0.1, -0.05) is 12.0 Å². The van der Waals surface area contributed by atoms with E-state index in [1.165, 1.54) is 0 Å². The van der Waals surface area contributed by atoms with Gasteiger partial charge >= 0.3 is 6.01 Å². The third-order valence-corrected chi connectivity index (χ3v) is 3.80. The molecular formula is C14H21N5O2. The van der Waals surface area contributed by atoms with Crippen LogP contribution in [-0.2, 0) is 17.7 Å². The molecule has 0 aromatic carbocycles. The van der Waals surface area contributed by atoms with E-state index < -0.39 is 0 Å². The topological polar surface area (TPSA) is 78.0 Å². The molecule has 0 saturated carbocycles. The van der Waals surface area contributed by atoms with Gasteiger partial charge in [0.15, 0.2) is 0 Å². The first-order valence-corrected chi connectivity index (χ1v) is 7.50. The van der Waals surface area contributed by atoms with Crippen molar-refractivity contribution in [2.75, 3.05) is 18.5 Å². The van der Waals surface area contributed by atoms with E-state index in [9.17, 15) is 0 Å². The zero-order valence-corrected chi connectivity index (χ0v) is 12.5. The Labute approximate surface area is 123 Å². The van der Waals surface area contributed by atoms with Crippen LogP contribution < -0.4 is 5.32 Å². The van der Waals surface area contributed by atoms with Crippen LogP contribution >= 0.6 is 0 Å². The van der Waals surface area contributed by atoms with Crippen LogP contribution in [0.1, 0.15) is 37.8 Å². The molecule has 0 spiro atoms. The van der Waals surface area contributed by atoms with Crippen molar-refractivity contribution in [3.8, 4) is 0 Å². The molecule has 0 unspecified atom stereocenters. The summed E-state index contributed by atoms with van der Waals surface area (Å²) in [6.45, 7) is 6.47. The Kier molecular flexibility index (Phi) is 4.19. The van der Waals surface area contributed by atoms with Gasteiger partial charge in [0.25, 0.3) is 0 Å². The number of hydrogen-bond acceptors (Lipinski definition) is 6. The number of ether oxygens (including phenoxy) is 1. The Hall–Kier alpha value is -1.89. The van der Waals surface area contributed by atoms with Crippen molar-refractivity contribution in [2.24, 2.45) is 5.92 Å². The molecule has 1 saturated heterocycles. The van der Waals surface area contributed by atoms with Gasteiger partial charge in [-0.3, -0.25) is 4.68 Å². The summed E-state index contributed by atoms with van der Waals surface area (Å²) in [6.07, 6.45) is 5.81. The predicted octanol–water partition coefficient (Wildman–Crippen LogP) is 2.04. The van der Waals surface area contributed by atoms with Crippen LogP contribution in [0.25, 0.3) is 0 Å². The second-order valence-corrected chi connectivity index (χ2v) is 5.20. The molecule has 1 aliphatic heterocycles. The third kappa shape index (κ3) is 3.07. The molecular weight excluding hydrogens is 270 g/mol. The van der Waals surface area contributed by atoms with Crippen LogP contribution in [0.3, 0.4) is 0 Å². The summed E-state index contributed by atoms with van der Waals surface area (Å²) in [4.78, 5) is 0. The number of aromatic nitrogens is 4. The SMILES string of the molecule is CCc1nnc(NC[C@@H]2CCO[C@H]2c2cnn(CC)c2)o1. The lowest BCUT2D eigenvalue weighted by atomic mass is 9.97. The van der Waals surface area contributed by atoms with Crippen LogP contribution in [-0.4, -0.2) is 33.1 Å². The van der Waals surface area contributed by atoms with E-state index in [1.807, 2.05) is 17.8 Å². The van der Waals surface area contributed by atoms with E-state index >= 15 is 0 Å². The van der Waals surface area contributed by atoms with Gasteiger partial charge in [-0.2, -0.15) is 5.10 Å². The highest BCUT2D eigenvalue weighted by molar-refractivity contribution is 5.19. The first-order valence-electron chi connectivity index (χ1n) is 7.50. The largest absolute Gasteiger partial charge is 0.408 e. The van der Waals surface area contributed by atoms with Crippen LogP contribution in [0.5, 0.6) is 0 Å². The first-order chi connectivity index (χ1) is 10.3. The number of nitrogens with zero attached hydrogens (tertiary/aromatic N) is 4. The monoisotopic (exact) mass is 291 g/mol. The van der Waals surface area contributed by atoms with Crippen LogP contribution in [0, 0.1) is 5.92 Å². The summed E-state index contributed by atoms with van der Waals surface area (Å²) in [6, 6.07) is 0.488. The maximum Gasteiger partial charge on any atom is 0.315 e. The third-order valence-electron chi connectivity index (χ3n) is 3.80. The number of nitrogens with one attached hydrogen (secondary N) is 1. The Morgan fingerprint density at radius 2 is 2.29 bits per heavy atom. The lowest BCUT2D eigenvalue weighted by molar-refractivity contribution is 0.0931. The minimum absolute atomic E-state index is 0.0892. The predicted molar refractivity (Wildman–Crippen MR) is 76.9 cm³/mol. The Bertz CT molecular complexity index is 579. The molecule has 2 atom stereocenters. The van der Waals surface area contributed by atoms with E-state index in [-0.39, 0.29) is 6.10 Å². The lowest BCUT2D eigenvalue weighted by Gasteiger charge is -2.16. The van der Waals surface area contributed by atoms with Gasteiger partial charge in [0.1, 0.15) is 0 Å². The highest BCUT2D eigenvalue weighted by atomic mass is 16.5. The Morgan fingerprint density at radius 1 is 1.38 bits per heavy atom. The molecule has 1 N–H and O–H groups in total. The van der Waals surface area contributed by atoms with Crippen molar-refractivity contribution in [1.82, 2.24) is 20.0 Å². The minimum atomic E-state index is 0.0892. The summed E-state index contributed by atoms with van der Waals surface area (Å²) in [7, 11) is 0. The molecule has 1 aliphatic rings. The fraction of sp³-hybridized carbons (Fsp3) is 0.643. The molecule has 114 valence electrons. The molecule has 0 bridgehead atoms. The van der Waals surface area contributed by atoms with E-state index in [0.29, 0.717) is 17.8 Å². The van der Waals surface area contributed by atoms with E-state index in [4.69, 9.17) is 9.15 Å². The molecule has 7 nitrogen and oxygen atoms in total. The van der Waals surface area contributed by atoms with Crippen molar-refractivity contribution in [2.45, 2.75) is 39.3 Å². The molecule has 2 aromatic heterocycles. The Balaban J connectivity index is 1.61. The van der Waals surface area contributed by atoms with Crippen molar-refractivity contribution in [3.63, 3.8) is 0 Å². The van der Waals surface area contributed by atoms with Gasteiger partial charge in [-0.15, -0.1) is 5.10 Å². The normalized spacial score (nSPS) is 21.8. The molecule has 21 heavy (non-hydrogen) atoms. The summed E-state index contributed by atoms with van der Waals surface area (Å²) in [5.74, 6) is 1.04. The zero-order chi connectivity index (χ0) is 14.7. The number of hydrogen-bond donors (Lipinski definition) is 1. The molecule has 3 heterocycles. The van der Waals surface area contributed by atoms with Crippen molar-refractivity contribution >= 4 is 6.01 Å². The second kappa shape index (κ2) is 6.26. The zero-order valence-electron chi connectivity index (χ0n) is 12.5. The fourth-order valence-electron chi connectivity index (χ4n) is 2.60. The Morgan fingerprint density at radius 3 is 3.00 bits per heavy atom. The van der Waals surface area contributed by atoms with E-state index in [0.717, 1.165) is 38.1 Å². The highest BCUT2D eigenvalue weighted by Crippen LogP contribution is 2.34. The summed E-state index contributed by atoms with van der Waals surface area (Å²) in [5.41, 5.74) is 1.14. The maximum atomic E-state index is 5.86. The molecule has 1 fully saturated rings. The van der Waals surface area contributed by atoms with E-state index in [2.05, 4.69) is 33.7 Å². The summed E-state index contributed by atoms with van der Waals surface area (Å²) in [5, 5.41) is 15.5. The van der Waals surface area contributed by atoms with Crippen LogP contribution in [0.2, 0.25) is 0 Å². The van der Waals surface area contributed by atoms with Gasteiger partial charge in [-0.25, -0.2) is 0 Å². The van der Waals surface area contributed by atoms with Gasteiger partial charge in [0, 0.05) is 43.8 Å². The standard InChI is InChI=1S/C14H21N5O2/c1-3-12-17-18-14(21-12)15-7-10-5-6-20-13(10)11-8-16-19(4-2)9-11/h8-10,13H,3-7H2,1-2H3,(H,15,18)/t10-,13+/m0/s1. The van der Waals surface area contributed by atoms with Gasteiger partial charge in [0.2, 0.25) is 5.89 Å². The minimum Gasteiger partial charge on any atom is -0.408 e. The average Bonchev–Trinajstić information content (AvgIpc) is 3.23. The van der Waals surface area contributed by atoms with Gasteiger partial charge in [-0.05, 0) is 13.3 Å². The molecule has 2 aromatic rings. The van der Waals surface area contributed by atoms with Crippen molar-refractivity contribution in [1.29, 1.82) is 0 Å². The molecule has 0 radical (unpaired) electrons. The van der Waals surface area contributed by atoms with Crippen molar-refractivity contribution in [3.05, 3.63) is 23.8 Å². The van der Waals surface area contributed by atoms with Gasteiger partial charge in [0.05, 0.1) is 12.3 Å². The molecule has 3 rings (SSSR count). The summed E-state index contributed by atoms with van der Waals surface area (Å²) >= 11 is 0. The highest BCUT2D eigenvalue weighted by Gasteiger charge is 2.30. The molecule has 0 aliphatic carbocycles. The smallest absolute Gasteiger partial charge is 0.315 e. The molecule has 0 amide bonds. The van der Waals surface area contributed by atoms with Crippen molar-refractivity contribution < 1.29 is 9.15 Å². The number of rotatable bonds is 6. The molecule has 7 heteroatoms. The fourth-order valence-corrected chi connectivity index (χ4v) is 2.60. The van der Waals surface area contributed by atoms with Crippen LogP contribution in [0.15, 0.2) is 16.8 Å². The van der Waals surface area contributed by atoms with Gasteiger partial charge < -0.3 is 14.5 Å². The number of aryl methyl sites for hydroxylation is 2. The maximum absolute atomic E-state index is 5.86. The first kappa shape index (κ1) is 14.1. The average molecular weight is 291 g/mol. The number of anilines is 1.